The molecule has 3 heteroatoms. The van der Waals surface area contributed by atoms with Gasteiger partial charge in [-0.15, -0.1) is 0 Å². The van der Waals surface area contributed by atoms with Crippen LogP contribution >= 0.6 is 0 Å². The summed E-state index contributed by atoms with van der Waals surface area (Å²) in [5.74, 6) is 1.28. The maximum Gasteiger partial charge on any atom is 0.172 e. The van der Waals surface area contributed by atoms with Crippen molar-refractivity contribution in [3.63, 3.8) is 0 Å². The van der Waals surface area contributed by atoms with Crippen LogP contribution in [0.15, 0.2) is 29.2 Å². The van der Waals surface area contributed by atoms with Gasteiger partial charge in [-0.25, -0.2) is 0 Å². The quantitative estimate of drug-likeness (QED) is 0.755. The standard InChI is InChI=1S/C14H14O3/c1-8(2)13-14(16-4)11-7-10(9(3)15)5-6-12(11)17-13/h5-7H,1H2,2-4H3. The Morgan fingerprint density at radius 3 is 2.59 bits per heavy atom. The van der Waals surface area contributed by atoms with Gasteiger partial charge in [0.25, 0.3) is 0 Å². The highest BCUT2D eigenvalue weighted by atomic mass is 16.5. The molecule has 0 fully saturated rings. The molecule has 1 aromatic heterocycles. The van der Waals surface area contributed by atoms with Crippen molar-refractivity contribution in [2.75, 3.05) is 7.11 Å². The molecule has 0 unspecified atom stereocenters. The minimum atomic E-state index is 0.0204. The van der Waals surface area contributed by atoms with Gasteiger partial charge in [0.2, 0.25) is 0 Å². The van der Waals surface area contributed by atoms with E-state index in [-0.39, 0.29) is 5.78 Å². The molecule has 17 heavy (non-hydrogen) atoms. The largest absolute Gasteiger partial charge is 0.492 e. The fourth-order valence-electron chi connectivity index (χ4n) is 1.78. The predicted molar refractivity (Wildman–Crippen MR) is 67.5 cm³/mol. The summed E-state index contributed by atoms with van der Waals surface area (Å²) < 4.78 is 11.0. The van der Waals surface area contributed by atoms with Gasteiger partial charge in [0, 0.05) is 5.56 Å². The lowest BCUT2D eigenvalue weighted by Gasteiger charge is -2.00. The number of methoxy groups -OCH3 is 1. The van der Waals surface area contributed by atoms with Gasteiger partial charge in [0.1, 0.15) is 5.58 Å². The monoisotopic (exact) mass is 230 g/mol. The molecule has 0 amide bonds. The van der Waals surface area contributed by atoms with Gasteiger partial charge in [0.05, 0.1) is 12.5 Å². The third-order valence-corrected chi connectivity index (χ3v) is 2.64. The minimum absolute atomic E-state index is 0.0204. The molecular formula is C14H14O3. The number of hydrogen-bond donors (Lipinski definition) is 0. The Hall–Kier alpha value is -2.03. The summed E-state index contributed by atoms with van der Waals surface area (Å²) in [5.41, 5.74) is 2.14. The van der Waals surface area contributed by atoms with Crippen LogP contribution in [0.4, 0.5) is 0 Å². The number of Topliss-reactive ketones (excluding diaryl/α,β-unsaturated/α-hetero) is 1. The zero-order chi connectivity index (χ0) is 12.6. The van der Waals surface area contributed by atoms with Crippen LogP contribution in [0.1, 0.15) is 30.0 Å². The second-order valence-electron chi connectivity index (χ2n) is 4.01. The van der Waals surface area contributed by atoms with Crippen molar-refractivity contribution >= 4 is 22.3 Å². The van der Waals surface area contributed by atoms with Crippen molar-refractivity contribution in [1.29, 1.82) is 0 Å². The number of rotatable bonds is 3. The maximum absolute atomic E-state index is 11.3. The Balaban J connectivity index is 2.75. The van der Waals surface area contributed by atoms with Gasteiger partial charge >= 0.3 is 0 Å². The lowest BCUT2D eigenvalue weighted by molar-refractivity contribution is 0.101. The lowest BCUT2D eigenvalue weighted by atomic mass is 10.1. The van der Waals surface area contributed by atoms with E-state index in [2.05, 4.69) is 6.58 Å². The Bertz CT molecular complexity index is 605. The Morgan fingerprint density at radius 1 is 1.35 bits per heavy atom. The number of benzene rings is 1. The van der Waals surface area contributed by atoms with Crippen LogP contribution in [0, 0.1) is 0 Å². The Morgan fingerprint density at radius 2 is 2.06 bits per heavy atom. The first-order valence-electron chi connectivity index (χ1n) is 5.32. The highest BCUT2D eigenvalue weighted by molar-refractivity contribution is 6.00. The second-order valence-corrected chi connectivity index (χ2v) is 4.01. The average Bonchev–Trinajstić information content (AvgIpc) is 2.66. The molecule has 1 heterocycles. The first-order valence-corrected chi connectivity index (χ1v) is 5.32. The topological polar surface area (TPSA) is 39.4 Å². The van der Waals surface area contributed by atoms with Crippen LogP contribution in [0.2, 0.25) is 0 Å². The number of carbonyl (C=O) groups excluding carboxylic acids is 1. The zero-order valence-electron chi connectivity index (χ0n) is 10.2. The third-order valence-electron chi connectivity index (χ3n) is 2.64. The van der Waals surface area contributed by atoms with E-state index in [1.165, 1.54) is 6.92 Å². The molecule has 0 bridgehead atoms. The Kier molecular flexibility index (Phi) is 2.76. The molecule has 0 saturated carbocycles. The molecule has 0 atom stereocenters. The summed E-state index contributed by atoms with van der Waals surface area (Å²) in [6.45, 7) is 7.23. The smallest absolute Gasteiger partial charge is 0.172 e. The molecular weight excluding hydrogens is 216 g/mol. The highest BCUT2D eigenvalue weighted by Crippen LogP contribution is 2.36. The molecule has 1 aromatic carbocycles. The highest BCUT2D eigenvalue weighted by Gasteiger charge is 2.16. The molecule has 88 valence electrons. The molecule has 2 aromatic rings. The number of hydrogen-bond acceptors (Lipinski definition) is 3. The fourth-order valence-corrected chi connectivity index (χ4v) is 1.78. The molecule has 0 aliphatic heterocycles. The summed E-state index contributed by atoms with van der Waals surface area (Å²) in [4.78, 5) is 11.3. The molecule has 0 aliphatic carbocycles. The molecule has 0 saturated heterocycles. The van der Waals surface area contributed by atoms with E-state index < -0.39 is 0 Å². The summed E-state index contributed by atoms with van der Waals surface area (Å²) in [6, 6.07) is 5.31. The number of allylic oxidation sites excluding steroid dienone is 1. The van der Waals surface area contributed by atoms with Crippen molar-refractivity contribution in [3.8, 4) is 5.75 Å². The summed E-state index contributed by atoms with van der Waals surface area (Å²) in [6.07, 6.45) is 0. The lowest BCUT2D eigenvalue weighted by Crippen LogP contribution is -1.91. The van der Waals surface area contributed by atoms with Crippen molar-refractivity contribution in [2.24, 2.45) is 0 Å². The van der Waals surface area contributed by atoms with E-state index >= 15 is 0 Å². The number of fused-ring (bicyclic) bond motifs is 1. The predicted octanol–water partition coefficient (Wildman–Crippen LogP) is 3.68. The van der Waals surface area contributed by atoms with Crippen molar-refractivity contribution < 1.29 is 13.9 Å². The van der Waals surface area contributed by atoms with Crippen molar-refractivity contribution in [3.05, 3.63) is 36.1 Å². The number of ether oxygens (including phenoxy) is 1. The fraction of sp³-hybridized carbons (Fsp3) is 0.214. The normalized spacial score (nSPS) is 10.5. The molecule has 0 radical (unpaired) electrons. The molecule has 0 N–H and O–H groups in total. The van der Waals surface area contributed by atoms with Gasteiger partial charge in [-0.2, -0.15) is 0 Å². The van der Waals surface area contributed by atoms with Gasteiger partial charge in [-0.05, 0) is 37.6 Å². The van der Waals surface area contributed by atoms with Crippen LogP contribution in [0.3, 0.4) is 0 Å². The summed E-state index contributed by atoms with van der Waals surface area (Å²) >= 11 is 0. The van der Waals surface area contributed by atoms with Crippen LogP contribution in [0.25, 0.3) is 16.5 Å². The second kappa shape index (κ2) is 4.09. The van der Waals surface area contributed by atoms with E-state index in [1.807, 2.05) is 6.92 Å². The molecule has 0 aliphatic rings. The van der Waals surface area contributed by atoms with E-state index in [0.717, 1.165) is 11.0 Å². The van der Waals surface area contributed by atoms with Gasteiger partial charge < -0.3 is 9.15 Å². The van der Waals surface area contributed by atoms with Gasteiger partial charge in [-0.3, -0.25) is 4.79 Å². The number of furan rings is 1. The van der Waals surface area contributed by atoms with Crippen LogP contribution in [0.5, 0.6) is 5.75 Å². The average molecular weight is 230 g/mol. The minimum Gasteiger partial charge on any atom is -0.492 e. The molecule has 0 spiro atoms. The maximum atomic E-state index is 11.3. The third kappa shape index (κ3) is 1.84. The molecule has 3 nitrogen and oxygen atoms in total. The van der Waals surface area contributed by atoms with Crippen LogP contribution in [-0.4, -0.2) is 12.9 Å². The van der Waals surface area contributed by atoms with E-state index in [9.17, 15) is 4.79 Å². The Labute approximate surface area is 99.7 Å². The SMILES string of the molecule is C=C(C)c1oc2ccc(C(C)=O)cc2c1OC. The summed E-state index contributed by atoms with van der Waals surface area (Å²) in [7, 11) is 1.58. The van der Waals surface area contributed by atoms with Crippen molar-refractivity contribution in [1.82, 2.24) is 0 Å². The van der Waals surface area contributed by atoms with Gasteiger partial charge in [0.15, 0.2) is 17.3 Å². The van der Waals surface area contributed by atoms with E-state index in [1.54, 1.807) is 25.3 Å². The van der Waals surface area contributed by atoms with Gasteiger partial charge in [-0.1, -0.05) is 6.58 Å². The first kappa shape index (κ1) is 11.5. The zero-order valence-corrected chi connectivity index (χ0v) is 10.2. The van der Waals surface area contributed by atoms with E-state index in [4.69, 9.17) is 9.15 Å². The van der Waals surface area contributed by atoms with Crippen LogP contribution in [-0.2, 0) is 0 Å². The molecule has 2 rings (SSSR count). The van der Waals surface area contributed by atoms with E-state index in [0.29, 0.717) is 22.7 Å². The first-order chi connectivity index (χ1) is 8.04. The van der Waals surface area contributed by atoms with Crippen molar-refractivity contribution in [2.45, 2.75) is 13.8 Å². The summed E-state index contributed by atoms with van der Waals surface area (Å²) in [5, 5.41) is 0.804. The number of ketones is 1. The number of carbonyl (C=O) groups is 1. The van der Waals surface area contributed by atoms with Crippen LogP contribution < -0.4 is 4.74 Å².